The lowest BCUT2D eigenvalue weighted by atomic mass is 10.2. The molecule has 2 heterocycles. The zero-order valence-electron chi connectivity index (χ0n) is 15.6. The van der Waals surface area contributed by atoms with Crippen LogP contribution in [0.1, 0.15) is 16.1 Å². The standard InChI is InChI=1S/C22H17N5O2/c1-29-19-5-2-4-15(12-19)22(28)26-17-10-8-16(9-11-17)24-20-6-3-7-21-25-18(13-23)14-27(20)21/h2-12,14,24H,1H3,(H,26,28). The number of methoxy groups -OCH3 is 1. The first-order chi connectivity index (χ1) is 14.2. The molecule has 0 saturated heterocycles. The van der Waals surface area contributed by atoms with Crippen LogP contribution in [0, 0.1) is 11.3 Å². The van der Waals surface area contributed by atoms with Crippen molar-refractivity contribution in [2.45, 2.75) is 0 Å². The third-order valence-electron chi connectivity index (χ3n) is 4.35. The topological polar surface area (TPSA) is 91.4 Å². The van der Waals surface area contributed by atoms with Gasteiger partial charge in [-0.05, 0) is 54.6 Å². The molecule has 4 aromatic rings. The fourth-order valence-corrected chi connectivity index (χ4v) is 2.92. The Bertz CT molecular complexity index is 1220. The van der Waals surface area contributed by atoms with Gasteiger partial charge in [0.2, 0.25) is 0 Å². The Kier molecular flexibility index (Phi) is 4.82. The van der Waals surface area contributed by atoms with E-state index in [1.807, 2.05) is 52.9 Å². The van der Waals surface area contributed by atoms with Crippen molar-refractivity contribution in [1.29, 1.82) is 5.26 Å². The molecule has 0 saturated carbocycles. The van der Waals surface area contributed by atoms with Gasteiger partial charge < -0.3 is 15.4 Å². The fraction of sp³-hybridized carbons (Fsp3) is 0.0455. The SMILES string of the molecule is COc1cccc(C(=O)Nc2ccc(Nc3cccc4nc(C#N)cn34)cc2)c1. The summed E-state index contributed by atoms with van der Waals surface area (Å²) in [6.07, 6.45) is 1.68. The van der Waals surface area contributed by atoms with Gasteiger partial charge in [-0.1, -0.05) is 12.1 Å². The lowest BCUT2D eigenvalue weighted by molar-refractivity contribution is 0.102. The number of ether oxygens (including phenoxy) is 1. The van der Waals surface area contributed by atoms with Gasteiger partial charge in [-0.25, -0.2) is 4.98 Å². The summed E-state index contributed by atoms with van der Waals surface area (Å²) in [5.41, 5.74) is 3.08. The summed E-state index contributed by atoms with van der Waals surface area (Å²) in [5, 5.41) is 15.2. The molecular formula is C22H17N5O2. The molecule has 142 valence electrons. The van der Waals surface area contributed by atoms with E-state index in [-0.39, 0.29) is 5.91 Å². The molecule has 7 nitrogen and oxygen atoms in total. The predicted molar refractivity (Wildman–Crippen MR) is 111 cm³/mol. The molecule has 0 bridgehead atoms. The highest BCUT2D eigenvalue weighted by Gasteiger charge is 2.08. The number of nitrogens with zero attached hydrogens (tertiary/aromatic N) is 3. The Labute approximate surface area is 167 Å². The number of anilines is 3. The summed E-state index contributed by atoms with van der Waals surface area (Å²) in [4.78, 5) is 16.6. The Balaban J connectivity index is 1.49. The smallest absolute Gasteiger partial charge is 0.255 e. The second-order valence-corrected chi connectivity index (χ2v) is 6.27. The molecule has 7 heteroatoms. The molecule has 2 aromatic carbocycles. The molecule has 4 rings (SSSR count). The minimum Gasteiger partial charge on any atom is -0.497 e. The second-order valence-electron chi connectivity index (χ2n) is 6.27. The normalized spacial score (nSPS) is 10.3. The zero-order valence-corrected chi connectivity index (χ0v) is 15.6. The zero-order chi connectivity index (χ0) is 20.2. The van der Waals surface area contributed by atoms with E-state index in [0.29, 0.717) is 28.3 Å². The Morgan fingerprint density at radius 1 is 1.07 bits per heavy atom. The Hall–Kier alpha value is -4.31. The fourth-order valence-electron chi connectivity index (χ4n) is 2.92. The Morgan fingerprint density at radius 2 is 1.83 bits per heavy atom. The molecule has 2 N–H and O–H groups in total. The number of amides is 1. The van der Waals surface area contributed by atoms with Crippen molar-refractivity contribution in [2.75, 3.05) is 17.7 Å². The summed E-state index contributed by atoms with van der Waals surface area (Å²) < 4.78 is 6.97. The average molecular weight is 383 g/mol. The first-order valence-electron chi connectivity index (χ1n) is 8.87. The number of benzene rings is 2. The molecule has 0 aliphatic rings. The van der Waals surface area contributed by atoms with Crippen LogP contribution in [0.25, 0.3) is 5.65 Å². The van der Waals surface area contributed by atoms with Crippen LogP contribution in [0.15, 0.2) is 72.9 Å². The number of fused-ring (bicyclic) bond motifs is 1. The lowest BCUT2D eigenvalue weighted by Crippen LogP contribution is -2.11. The van der Waals surface area contributed by atoms with Crippen LogP contribution in [0.3, 0.4) is 0 Å². The van der Waals surface area contributed by atoms with E-state index in [0.717, 1.165) is 11.5 Å². The number of rotatable bonds is 5. The molecule has 0 radical (unpaired) electrons. The number of hydrogen-bond donors (Lipinski definition) is 2. The van der Waals surface area contributed by atoms with Gasteiger partial charge in [0.15, 0.2) is 5.69 Å². The Morgan fingerprint density at radius 3 is 2.59 bits per heavy atom. The molecule has 0 unspecified atom stereocenters. The highest BCUT2D eigenvalue weighted by Crippen LogP contribution is 2.21. The van der Waals surface area contributed by atoms with Gasteiger partial charge in [0.25, 0.3) is 5.91 Å². The van der Waals surface area contributed by atoms with Crippen molar-refractivity contribution in [1.82, 2.24) is 9.38 Å². The minimum atomic E-state index is -0.211. The highest BCUT2D eigenvalue weighted by molar-refractivity contribution is 6.04. The largest absolute Gasteiger partial charge is 0.497 e. The molecule has 2 aromatic heterocycles. The first kappa shape index (κ1) is 18.1. The quantitative estimate of drug-likeness (QED) is 0.539. The van der Waals surface area contributed by atoms with Crippen molar-refractivity contribution >= 4 is 28.7 Å². The van der Waals surface area contributed by atoms with E-state index in [4.69, 9.17) is 10.00 Å². The number of hydrogen-bond acceptors (Lipinski definition) is 5. The molecule has 0 aliphatic carbocycles. The van der Waals surface area contributed by atoms with Crippen LogP contribution in [0.5, 0.6) is 5.75 Å². The van der Waals surface area contributed by atoms with E-state index in [9.17, 15) is 4.79 Å². The number of nitrogens with one attached hydrogen (secondary N) is 2. The maximum Gasteiger partial charge on any atom is 0.255 e. The van der Waals surface area contributed by atoms with Gasteiger partial charge in [0.05, 0.1) is 7.11 Å². The van der Waals surface area contributed by atoms with Crippen molar-refractivity contribution < 1.29 is 9.53 Å². The van der Waals surface area contributed by atoms with Gasteiger partial charge in [-0.3, -0.25) is 9.20 Å². The van der Waals surface area contributed by atoms with Gasteiger partial charge >= 0.3 is 0 Å². The number of pyridine rings is 1. The molecule has 0 fully saturated rings. The van der Waals surface area contributed by atoms with E-state index in [2.05, 4.69) is 15.6 Å². The number of imidazole rings is 1. The maximum atomic E-state index is 12.4. The van der Waals surface area contributed by atoms with Gasteiger partial charge in [-0.2, -0.15) is 5.26 Å². The molecule has 29 heavy (non-hydrogen) atoms. The number of carbonyl (C=O) groups is 1. The summed E-state index contributed by atoms with van der Waals surface area (Å²) in [5.74, 6) is 1.20. The monoisotopic (exact) mass is 383 g/mol. The molecule has 1 amide bonds. The van der Waals surface area contributed by atoms with Crippen LogP contribution >= 0.6 is 0 Å². The van der Waals surface area contributed by atoms with E-state index in [1.54, 1.807) is 37.6 Å². The summed E-state index contributed by atoms with van der Waals surface area (Å²) in [6.45, 7) is 0. The van der Waals surface area contributed by atoms with Crippen LogP contribution in [-0.2, 0) is 0 Å². The van der Waals surface area contributed by atoms with E-state index in [1.165, 1.54) is 0 Å². The molecule has 0 aliphatic heterocycles. The van der Waals surface area contributed by atoms with Crippen LogP contribution in [0.2, 0.25) is 0 Å². The first-order valence-corrected chi connectivity index (χ1v) is 8.87. The predicted octanol–water partition coefficient (Wildman–Crippen LogP) is 4.21. The van der Waals surface area contributed by atoms with Crippen LogP contribution in [0.4, 0.5) is 17.2 Å². The van der Waals surface area contributed by atoms with E-state index < -0.39 is 0 Å². The van der Waals surface area contributed by atoms with Crippen molar-refractivity contribution in [3.8, 4) is 11.8 Å². The summed E-state index contributed by atoms with van der Waals surface area (Å²) in [6, 6.07) is 22.0. The number of carbonyl (C=O) groups excluding carboxylic acids is 1. The second kappa shape index (κ2) is 7.74. The van der Waals surface area contributed by atoms with Crippen molar-refractivity contribution in [2.24, 2.45) is 0 Å². The van der Waals surface area contributed by atoms with E-state index >= 15 is 0 Å². The minimum absolute atomic E-state index is 0.211. The molecule has 0 spiro atoms. The molecule has 0 atom stereocenters. The van der Waals surface area contributed by atoms with Crippen molar-refractivity contribution in [3.63, 3.8) is 0 Å². The summed E-state index contributed by atoms with van der Waals surface area (Å²) in [7, 11) is 1.56. The lowest BCUT2D eigenvalue weighted by Gasteiger charge is -2.10. The third kappa shape index (κ3) is 3.87. The van der Waals surface area contributed by atoms with Gasteiger partial charge in [-0.15, -0.1) is 0 Å². The highest BCUT2D eigenvalue weighted by atomic mass is 16.5. The third-order valence-corrected chi connectivity index (χ3v) is 4.35. The molecular weight excluding hydrogens is 366 g/mol. The maximum absolute atomic E-state index is 12.4. The van der Waals surface area contributed by atoms with Crippen molar-refractivity contribution in [3.05, 3.63) is 84.2 Å². The summed E-state index contributed by atoms with van der Waals surface area (Å²) >= 11 is 0. The van der Waals surface area contributed by atoms with Gasteiger partial charge in [0.1, 0.15) is 23.3 Å². The average Bonchev–Trinajstić information content (AvgIpc) is 3.19. The number of aromatic nitrogens is 2. The number of nitriles is 1. The van der Waals surface area contributed by atoms with Crippen LogP contribution < -0.4 is 15.4 Å². The van der Waals surface area contributed by atoms with Crippen LogP contribution in [-0.4, -0.2) is 22.4 Å². The van der Waals surface area contributed by atoms with Gasteiger partial charge in [0, 0.05) is 23.1 Å².